The second-order valence-electron chi connectivity index (χ2n) is 10.2. The summed E-state index contributed by atoms with van der Waals surface area (Å²) in [6, 6.07) is 12.3. The largest absolute Gasteiger partial charge is 0.376 e. The summed E-state index contributed by atoms with van der Waals surface area (Å²) in [7, 11) is 0. The molecule has 0 aliphatic heterocycles. The molecule has 28 heavy (non-hydrogen) atoms. The number of hydrogen-bond acceptors (Lipinski definition) is 3. The minimum atomic E-state index is 0.225. The summed E-state index contributed by atoms with van der Waals surface area (Å²) in [6.45, 7) is 0. The van der Waals surface area contributed by atoms with Gasteiger partial charge in [-0.2, -0.15) is 11.8 Å². The maximum absolute atomic E-state index is 6.18. The van der Waals surface area contributed by atoms with Crippen molar-refractivity contribution in [3.63, 3.8) is 0 Å². The van der Waals surface area contributed by atoms with E-state index >= 15 is 0 Å². The summed E-state index contributed by atoms with van der Waals surface area (Å²) in [4.78, 5) is 1.20. The van der Waals surface area contributed by atoms with Gasteiger partial charge in [0.1, 0.15) is 0 Å². The Morgan fingerprint density at radius 2 is 1.68 bits per heavy atom. The van der Waals surface area contributed by atoms with Gasteiger partial charge in [-0.3, -0.25) is 0 Å². The van der Waals surface area contributed by atoms with Crippen LogP contribution in [-0.2, 0) is 5.41 Å². The fourth-order valence-corrected chi connectivity index (χ4v) is 9.05. The number of rotatable bonds is 4. The minimum Gasteiger partial charge on any atom is -0.376 e. The SMILES string of the molecule is CSC1C2CC3(C(=S)N[C@H]4CC[C@H](N)CC4)CC1CC(c1ccccc1)(C2)C3. The quantitative estimate of drug-likeness (QED) is 0.676. The molecule has 0 spiro atoms. The molecule has 1 aromatic rings. The highest BCUT2D eigenvalue weighted by molar-refractivity contribution is 7.99. The molecule has 0 saturated heterocycles. The molecule has 5 saturated carbocycles. The topological polar surface area (TPSA) is 38.0 Å². The van der Waals surface area contributed by atoms with Crippen molar-refractivity contribution in [1.29, 1.82) is 0 Å². The highest BCUT2D eigenvalue weighted by Crippen LogP contribution is 2.67. The first-order valence-electron chi connectivity index (χ1n) is 11.2. The normalized spacial score (nSPS) is 44.4. The van der Waals surface area contributed by atoms with Gasteiger partial charge in [0.15, 0.2) is 0 Å². The lowest BCUT2D eigenvalue weighted by Gasteiger charge is -2.65. The molecule has 2 nitrogen and oxygen atoms in total. The van der Waals surface area contributed by atoms with E-state index in [9.17, 15) is 0 Å². The molecular formula is C24H34N2S2. The molecule has 4 heteroatoms. The van der Waals surface area contributed by atoms with Gasteiger partial charge in [-0.25, -0.2) is 0 Å². The third-order valence-electron chi connectivity index (χ3n) is 8.46. The molecule has 0 heterocycles. The smallest absolute Gasteiger partial charge is 0.0818 e. The van der Waals surface area contributed by atoms with Gasteiger partial charge in [-0.15, -0.1) is 0 Å². The monoisotopic (exact) mass is 414 g/mol. The molecule has 2 atom stereocenters. The molecule has 0 aromatic heterocycles. The van der Waals surface area contributed by atoms with Crippen molar-refractivity contribution in [2.24, 2.45) is 23.0 Å². The molecule has 6 rings (SSSR count). The van der Waals surface area contributed by atoms with Crippen LogP contribution in [-0.4, -0.2) is 28.6 Å². The maximum Gasteiger partial charge on any atom is 0.0818 e. The molecule has 1 aromatic carbocycles. The van der Waals surface area contributed by atoms with Gasteiger partial charge >= 0.3 is 0 Å². The van der Waals surface area contributed by atoms with E-state index in [-0.39, 0.29) is 5.41 Å². The van der Waals surface area contributed by atoms with Crippen molar-refractivity contribution in [2.75, 3.05) is 6.26 Å². The van der Waals surface area contributed by atoms with Crippen molar-refractivity contribution in [3.05, 3.63) is 35.9 Å². The zero-order chi connectivity index (χ0) is 19.4. The summed E-state index contributed by atoms with van der Waals surface area (Å²) in [6.07, 6.45) is 13.6. The van der Waals surface area contributed by atoms with Crippen LogP contribution in [0.15, 0.2) is 30.3 Å². The van der Waals surface area contributed by atoms with Crippen LogP contribution >= 0.6 is 24.0 Å². The van der Waals surface area contributed by atoms with Crippen LogP contribution in [0.2, 0.25) is 0 Å². The summed E-state index contributed by atoms with van der Waals surface area (Å²) in [5.74, 6) is 1.63. The van der Waals surface area contributed by atoms with E-state index in [4.69, 9.17) is 18.0 Å². The van der Waals surface area contributed by atoms with E-state index in [1.54, 1.807) is 5.56 Å². The molecule has 5 fully saturated rings. The molecule has 0 amide bonds. The first-order valence-corrected chi connectivity index (χ1v) is 12.9. The number of thiocarbonyl (C=S) groups is 1. The summed E-state index contributed by atoms with van der Waals surface area (Å²) in [5.41, 5.74) is 8.26. The standard InChI is InChI=1S/C24H34N2S2/c1-28-21-16-11-23(18-5-3-2-4-6-18)12-17(21)14-24(13-16,15-23)22(27)26-20-9-7-19(25)8-10-20/h2-6,16-17,19-21H,7-15,25H2,1H3,(H,26,27)/t16?,17?,19-,20-,21?,23?,24?. The second-order valence-corrected chi connectivity index (χ2v) is 11.6. The third kappa shape index (κ3) is 3.15. The van der Waals surface area contributed by atoms with Crippen LogP contribution in [0.4, 0.5) is 0 Å². The Morgan fingerprint density at radius 3 is 2.29 bits per heavy atom. The highest BCUT2D eigenvalue weighted by Gasteiger charge is 2.62. The van der Waals surface area contributed by atoms with Crippen molar-refractivity contribution in [1.82, 2.24) is 5.32 Å². The van der Waals surface area contributed by atoms with Gasteiger partial charge in [0.2, 0.25) is 0 Å². The van der Waals surface area contributed by atoms with E-state index < -0.39 is 0 Å². The van der Waals surface area contributed by atoms with Gasteiger partial charge in [-0.1, -0.05) is 42.5 Å². The van der Waals surface area contributed by atoms with E-state index in [1.807, 2.05) is 0 Å². The van der Waals surface area contributed by atoms with Gasteiger partial charge < -0.3 is 11.1 Å². The molecule has 5 aliphatic rings. The van der Waals surface area contributed by atoms with Crippen molar-refractivity contribution in [2.45, 2.75) is 80.5 Å². The number of thioether (sulfide) groups is 1. The van der Waals surface area contributed by atoms with Crippen LogP contribution in [0.1, 0.15) is 63.4 Å². The lowest BCUT2D eigenvalue weighted by Crippen LogP contribution is -2.63. The summed E-state index contributed by atoms with van der Waals surface area (Å²) in [5, 5.41) is 4.70. The molecule has 3 N–H and O–H groups in total. The highest BCUT2D eigenvalue weighted by atomic mass is 32.2. The lowest BCUT2D eigenvalue weighted by molar-refractivity contribution is -0.0296. The predicted octanol–water partition coefficient (Wildman–Crippen LogP) is 5.05. The average molecular weight is 415 g/mol. The summed E-state index contributed by atoms with van der Waals surface area (Å²) < 4.78 is 0. The molecule has 0 radical (unpaired) electrons. The van der Waals surface area contributed by atoms with Crippen molar-refractivity contribution < 1.29 is 0 Å². The van der Waals surface area contributed by atoms with E-state index in [0.29, 0.717) is 17.5 Å². The van der Waals surface area contributed by atoms with E-state index in [1.165, 1.54) is 49.9 Å². The third-order valence-corrected chi connectivity index (χ3v) is 10.3. The van der Waals surface area contributed by atoms with Crippen molar-refractivity contribution in [3.8, 4) is 0 Å². The minimum absolute atomic E-state index is 0.225. The zero-order valence-electron chi connectivity index (χ0n) is 17.0. The Morgan fingerprint density at radius 1 is 1.04 bits per heavy atom. The predicted molar refractivity (Wildman–Crippen MR) is 124 cm³/mol. The number of hydrogen-bond donors (Lipinski definition) is 2. The first-order chi connectivity index (χ1) is 13.5. The molecule has 5 aliphatic carbocycles. The fourth-order valence-electron chi connectivity index (χ4n) is 7.49. The first kappa shape index (κ1) is 19.4. The number of nitrogens with one attached hydrogen (secondary N) is 1. The van der Waals surface area contributed by atoms with E-state index in [2.05, 4.69) is 53.7 Å². The van der Waals surface area contributed by atoms with Crippen LogP contribution in [0.25, 0.3) is 0 Å². The zero-order valence-corrected chi connectivity index (χ0v) is 18.7. The second kappa shape index (κ2) is 7.28. The average Bonchev–Trinajstić information content (AvgIpc) is 2.70. The Bertz CT molecular complexity index is 709. The van der Waals surface area contributed by atoms with Gasteiger partial charge in [0.25, 0.3) is 0 Å². The fraction of sp³-hybridized carbons (Fsp3) is 0.708. The Hall–Kier alpha value is -0.580. The van der Waals surface area contributed by atoms with Crippen LogP contribution < -0.4 is 11.1 Å². The Balaban J connectivity index is 1.42. The number of nitrogens with two attached hydrogens (primary N) is 1. The van der Waals surface area contributed by atoms with Crippen LogP contribution in [0, 0.1) is 17.3 Å². The Kier molecular flexibility index (Phi) is 5.04. The van der Waals surface area contributed by atoms with E-state index in [0.717, 1.165) is 29.9 Å². The molecule has 4 bridgehead atoms. The van der Waals surface area contributed by atoms with Gasteiger partial charge in [-0.05, 0) is 86.9 Å². The molecular weight excluding hydrogens is 380 g/mol. The summed E-state index contributed by atoms with van der Waals surface area (Å²) >= 11 is 8.30. The Labute approximate surface area is 179 Å². The van der Waals surface area contributed by atoms with Crippen LogP contribution in [0.3, 0.4) is 0 Å². The molecule has 152 valence electrons. The van der Waals surface area contributed by atoms with Gasteiger partial charge in [0, 0.05) is 22.7 Å². The van der Waals surface area contributed by atoms with Crippen LogP contribution in [0.5, 0.6) is 0 Å². The maximum atomic E-state index is 6.18. The van der Waals surface area contributed by atoms with Gasteiger partial charge in [0.05, 0.1) is 4.99 Å². The molecule has 2 unspecified atom stereocenters. The number of benzene rings is 1. The van der Waals surface area contributed by atoms with Crippen molar-refractivity contribution >= 4 is 29.0 Å². The lowest BCUT2D eigenvalue weighted by atomic mass is 9.42.